The minimum Gasteiger partial charge on any atom is -0.287 e. The number of hydrogen-bond donors (Lipinski definition) is 1. The fraction of sp³-hybridized carbons (Fsp3) is 0. The summed E-state index contributed by atoms with van der Waals surface area (Å²) in [6.45, 7) is 0. The van der Waals surface area contributed by atoms with Crippen LogP contribution in [0.2, 0.25) is 0 Å². The molecule has 0 heterocycles. The van der Waals surface area contributed by atoms with Gasteiger partial charge in [0, 0.05) is 5.39 Å². The Morgan fingerprint density at radius 3 is 2.20 bits per heavy atom. The maximum atomic E-state index is 12.2. The highest BCUT2D eigenvalue weighted by Crippen LogP contribution is 2.26. The number of nitrogens with zero attached hydrogens (tertiary/aromatic N) is 1. The summed E-state index contributed by atoms with van der Waals surface area (Å²) in [4.78, 5) is 12.2. The van der Waals surface area contributed by atoms with Gasteiger partial charge < -0.3 is 0 Å². The largest absolute Gasteiger partial charge is 0.287 e. The van der Waals surface area contributed by atoms with Crippen LogP contribution in [0.4, 0.5) is 11.4 Å². The Kier molecular flexibility index (Phi) is 3.19. The molecule has 0 radical (unpaired) electrons. The highest BCUT2D eigenvalue weighted by Gasteiger charge is 2.12. The molecule has 3 heteroatoms. The van der Waals surface area contributed by atoms with Crippen molar-refractivity contribution in [2.75, 3.05) is 5.06 Å². The molecule has 0 atom stereocenters. The van der Waals surface area contributed by atoms with Crippen molar-refractivity contribution in [3.8, 4) is 0 Å². The van der Waals surface area contributed by atoms with E-state index < -0.39 is 0 Å². The Morgan fingerprint density at radius 2 is 1.40 bits per heavy atom. The predicted octanol–water partition coefficient (Wildman–Crippen LogP) is 3.73. The SMILES string of the molecule is O=c1cccc2ccccc2c1N(O)c1ccccc1. The van der Waals surface area contributed by atoms with E-state index >= 15 is 0 Å². The van der Waals surface area contributed by atoms with Crippen LogP contribution in [0.1, 0.15) is 0 Å². The summed E-state index contributed by atoms with van der Waals surface area (Å²) in [6.07, 6.45) is 0. The molecule has 98 valence electrons. The van der Waals surface area contributed by atoms with Gasteiger partial charge in [-0.25, -0.2) is 5.06 Å². The van der Waals surface area contributed by atoms with Crippen molar-refractivity contribution < 1.29 is 5.21 Å². The lowest BCUT2D eigenvalue weighted by atomic mass is 10.1. The molecule has 0 aromatic heterocycles. The van der Waals surface area contributed by atoms with Gasteiger partial charge in [0.25, 0.3) is 0 Å². The highest BCUT2D eigenvalue weighted by atomic mass is 16.5. The molecule has 0 aliphatic carbocycles. The summed E-state index contributed by atoms with van der Waals surface area (Å²) in [5, 5.41) is 13.0. The summed E-state index contributed by atoms with van der Waals surface area (Å²) < 4.78 is 0. The Bertz CT molecular complexity index is 800. The topological polar surface area (TPSA) is 40.5 Å². The second-order valence-corrected chi connectivity index (χ2v) is 4.47. The van der Waals surface area contributed by atoms with Crippen LogP contribution in [-0.2, 0) is 0 Å². The smallest absolute Gasteiger partial charge is 0.205 e. The molecular formula is C17H13NO2. The lowest BCUT2D eigenvalue weighted by Crippen LogP contribution is -2.17. The third-order valence-electron chi connectivity index (χ3n) is 3.19. The number of fused-ring (bicyclic) bond motifs is 1. The molecule has 0 amide bonds. The zero-order valence-corrected chi connectivity index (χ0v) is 10.7. The lowest BCUT2D eigenvalue weighted by Gasteiger charge is -2.16. The van der Waals surface area contributed by atoms with E-state index in [-0.39, 0.29) is 11.1 Å². The van der Waals surface area contributed by atoms with Gasteiger partial charge in [-0.15, -0.1) is 0 Å². The monoisotopic (exact) mass is 263 g/mol. The average molecular weight is 263 g/mol. The molecule has 20 heavy (non-hydrogen) atoms. The molecule has 0 aliphatic heterocycles. The van der Waals surface area contributed by atoms with Crippen LogP contribution < -0.4 is 10.5 Å². The van der Waals surface area contributed by atoms with E-state index in [1.165, 1.54) is 6.07 Å². The number of rotatable bonds is 2. The molecule has 3 aromatic carbocycles. The standard InChI is InChI=1S/C17H13NO2/c19-16-12-6-8-13-7-4-5-11-15(13)17(16)18(20)14-9-2-1-3-10-14/h1-12,20H. The third-order valence-corrected chi connectivity index (χ3v) is 3.19. The van der Waals surface area contributed by atoms with Crippen LogP contribution in [0.25, 0.3) is 10.8 Å². The van der Waals surface area contributed by atoms with Gasteiger partial charge >= 0.3 is 0 Å². The molecule has 3 rings (SSSR count). The molecule has 0 fully saturated rings. The van der Waals surface area contributed by atoms with Crippen molar-refractivity contribution >= 4 is 22.1 Å². The summed E-state index contributed by atoms with van der Waals surface area (Å²) in [6, 6.07) is 21.5. The molecule has 3 nitrogen and oxygen atoms in total. The zero-order valence-electron chi connectivity index (χ0n) is 10.7. The fourth-order valence-corrected chi connectivity index (χ4v) is 2.23. The normalized spacial score (nSPS) is 10.4. The maximum absolute atomic E-state index is 12.2. The van der Waals surface area contributed by atoms with Gasteiger partial charge in [-0.05, 0) is 23.6 Å². The fourth-order valence-electron chi connectivity index (χ4n) is 2.23. The highest BCUT2D eigenvalue weighted by molar-refractivity contribution is 5.94. The van der Waals surface area contributed by atoms with Gasteiger partial charge in [0.15, 0.2) is 0 Å². The molecule has 1 N–H and O–H groups in total. The number of benzene rings is 2. The summed E-state index contributed by atoms with van der Waals surface area (Å²) in [7, 11) is 0. The van der Waals surface area contributed by atoms with Crippen LogP contribution in [0.15, 0.2) is 77.6 Å². The van der Waals surface area contributed by atoms with E-state index in [2.05, 4.69) is 0 Å². The molecule has 0 saturated heterocycles. The Labute approximate surface area is 116 Å². The minimum atomic E-state index is -0.224. The number of para-hydroxylation sites is 1. The van der Waals surface area contributed by atoms with E-state index in [1.807, 2.05) is 48.5 Å². The van der Waals surface area contributed by atoms with E-state index in [0.717, 1.165) is 10.4 Å². The molecule has 0 bridgehead atoms. The van der Waals surface area contributed by atoms with Crippen molar-refractivity contribution in [3.05, 3.63) is 83.0 Å². The third kappa shape index (κ3) is 2.15. The quantitative estimate of drug-likeness (QED) is 0.716. The Balaban J connectivity index is 2.31. The minimum absolute atomic E-state index is 0.224. The van der Waals surface area contributed by atoms with Gasteiger partial charge in [0.1, 0.15) is 5.69 Å². The molecular weight excluding hydrogens is 250 g/mol. The number of hydrogen-bond acceptors (Lipinski definition) is 3. The van der Waals surface area contributed by atoms with Crippen LogP contribution in [0, 0.1) is 0 Å². The first-order valence-corrected chi connectivity index (χ1v) is 6.33. The van der Waals surface area contributed by atoms with Crippen LogP contribution in [0.5, 0.6) is 0 Å². The number of anilines is 2. The first kappa shape index (κ1) is 12.4. The maximum Gasteiger partial charge on any atom is 0.205 e. The second kappa shape index (κ2) is 5.15. The van der Waals surface area contributed by atoms with Crippen LogP contribution in [-0.4, -0.2) is 5.21 Å². The molecule has 3 aromatic rings. The van der Waals surface area contributed by atoms with Gasteiger partial charge in [-0.3, -0.25) is 10.0 Å². The van der Waals surface area contributed by atoms with Gasteiger partial charge in [0.05, 0.1) is 5.69 Å². The first-order valence-electron chi connectivity index (χ1n) is 6.33. The van der Waals surface area contributed by atoms with Gasteiger partial charge in [-0.1, -0.05) is 54.6 Å². The van der Waals surface area contributed by atoms with Crippen LogP contribution in [0.3, 0.4) is 0 Å². The summed E-state index contributed by atoms with van der Waals surface area (Å²) >= 11 is 0. The Morgan fingerprint density at radius 1 is 0.750 bits per heavy atom. The Hall–Kier alpha value is -2.65. The van der Waals surface area contributed by atoms with Crippen molar-refractivity contribution in [2.45, 2.75) is 0 Å². The van der Waals surface area contributed by atoms with E-state index in [1.54, 1.807) is 18.2 Å². The van der Waals surface area contributed by atoms with E-state index in [0.29, 0.717) is 11.1 Å². The van der Waals surface area contributed by atoms with Crippen molar-refractivity contribution in [1.82, 2.24) is 0 Å². The predicted molar refractivity (Wildman–Crippen MR) is 80.6 cm³/mol. The van der Waals surface area contributed by atoms with Gasteiger partial charge in [0.2, 0.25) is 5.43 Å². The first-order chi connectivity index (χ1) is 9.77. The molecule has 0 aliphatic rings. The summed E-state index contributed by atoms with van der Waals surface area (Å²) in [5.41, 5.74) is 0.593. The van der Waals surface area contributed by atoms with Crippen LogP contribution >= 0.6 is 0 Å². The summed E-state index contributed by atoms with van der Waals surface area (Å²) in [5.74, 6) is 0. The molecule has 0 saturated carbocycles. The van der Waals surface area contributed by atoms with Crippen molar-refractivity contribution in [2.24, 2.45) is 0 Å². The van der Waals surface area contributed by atoms with E-state index in [9.17, 15) is 10.0 Å². The lowest BCUT2D eigenvalue weighted by molar-refractivity contribution is 0.301. The average Bonchev–Trinajstić information content (AvgIpc) is 2.66. The molecule has 0 unspecified atom stereocenters. The molecule has 0 spiro atoms. The van der Waals surface area contributed by atoms with E-state index in [4.69, 9.17) is 0 Å². The second-order valence-electron chi connectivity index (χ2n) is 4.47. The van der Waals surface area contributed by atoms with Crippen molar-refractivity contribution in [3.63, 3.8) is 0 Å². The zero-order chi connectivity index (χ0) is 13.9. The van der Waals surface area contributed by atoms with Crippen molar-refractivity contribution in [1.29, 1.82) is 0 Å². The van der Waals surface area contributed by atoms with Gasteiger partial charge in [-0.2, -0.15) is 0 Å².